The molecule has 1 aliphatic rings. The van der Waals surface area contributed by atoms with Gasteiger partial charge in [0.05, 0.1) is 12.2 Å². The molecule has 2 aromatic rings. The summed E-state index contributed by atoms with van der Waals surface area (Å²) in [7, 11) is 2.18. The van der Waals surface area contributed by atoms with E-state index in [0.29, 0.717) is 0 Å². The third kappa shape index (κ3) is 4.93. The molecule has 0 amide bonds. The summed E-state index contributed by atoms with van der Waals surface area (Å²) >= 11 is 1.69. The number of aryl methyl sites for hydroxylation is 1. The van der Waals surface area contributed by atoms with Crippen molar-refractivity contribution >= 4 is 17.0 Å². The molecule has 5 nitrogen and oxygen atoms in total. The number of hydrogen-bond acceptors (Lipinski definition) is 6. The Balaban J connectivity index is 1.48. The Labute approximate surface area is 148 Å². The van der Waals surface area contributed by atoms with Gasteiger partial charge in [-0.05, 0) is 26.1 Å². The van der Waals surface area contributed by atoms with Crippen LogP contribution < -0.4 is 10.1 Å². The summed E-state index contributed by atoms with van der Waals surface area (Å²) < 4.78 is 6.03. The largest absolute Gasteiger partial charge is 0.490 e. The fourth-order valence-electron chi connectivity index (χ4n) is 2.75. The van der Waals surface area contributed by atoms with E-state index in [2.05, 4.69) is 38.6 Å². The van der Waals surface area contributed by atoms with Crippen molar-refractivity contribution in [3.05, 3.63) is 40.3 Å². The molecule has 0 atom stereocenters. The Morgan fingerprint density at radius 2 is 2.00 bits per heavy atom. The van der Waals surface area contributed by atoms with Crippen molar-refractivity contribution in [2.75, 3.05) is 51.7 Å². The number of anilines is 1. The molecule has 0 radical (unpaired) electrons. The number of nitrogens with one attached hydrogen (secondary N) is 1. The number of nitrogens with zero attached hydrogens (tertiary/aromatic N) is 3. The molecule has 0 bridgehead atoms. The first-order valence-corrected chi connectivity index (χ1v) is 9.36. The number of hydrogen-bond donors (Lipinski definition) is 1. The molecule has 1 aliphatic heterocycles. The van der Waals surface area contributed by atoms with Gasteiger partial charge >= 0.3 is 0 Å². The van der Waals surface area contributed by atoms with Crippen molar-refractivity contribution in [3.8, 4) is 5.75 Å². The van der Waals surface area contributed by atoms with Crippen LogP contribution in [-0.2, 0) is 6.54 Å². The lowest BCUT2D eigenvalue weighted by Crippen LogP contribution is -2.45. The van der Waals surface area contributed by atoms with Crippen LogP contribution in [0.25, 0.3) is 0 Å². The number of para-hydroxylation sites is 2. The van der Waals surface area contributed by atoms with Crippen LogP contribution in [0.3, 0.4) is 0 Å². The molecule has 0 unspecified atom stereocenters. The smallest absolute Gasteiger partial charge is 0.142 e. The fourth-order valence-corrected chi connectivity index (χ4v) is 3.46. The van der Waals surface area contributed by atoms with Crippen molar-refractivity contribution in [1.29, 1.82) is 0 Å². The summed E-state index contributed by atoms with van der Waals surface area (Å²) in [5, 5.41) is 6.62. The monoisotopic (exact) mass is 346 g/mol. The normalized spacial score (nSPS) is 16.2. The minimum atomic E-state index is 0.721. The maximum atomic E-state index is 6.03. The first-order chi connectivity index (χ1) is 11.7. The highest BCUT2D eigenvalue weighted by Crippen LogP contribution is 2.24. The van der Waals surface area contributed by atoms with Gasteiger partial charge in [0.25, 0.3) is 0 Å². The lowest BCUT2D eigenvalue weighted by molar-refractivity contribution is 0.134. The van der Waals surface area contributed by atoms with Gasteiger partial charge in [0.15, 0.2) is 0 Å². The van der Waals surface area contributed by atoms with Crippen LogP contribution in [0.2, 0.25) is 0 Å². The molecule has 2 heterocycles. The van der Waals surface area contributed by atoms with Crippen LogP contribution in [0.15, 0.2) is 29.6 Å². The Kier molecular flexibility index (Phi) is 6.07. The second kappa shape index (κ2) is 8.46. The molecule has 1 N–H and O–H groups in total. The molecule has 3 rings (SSSR count). The Bertz CT molecular complexity index is 637. The molecular formula is C18H26N4OS. The maximum absolute atomic E-state index is 6.03. The molecule has 0 spiro atoms. The van der Waals surface area contributed by atoms with Crippen LogP contribution >= 0.6 is 11.3 Å². The highest BCUT2D eigenvalue weighted by atomic mass is 32.1. The molecule has 0 aliphatic carbocycles. The van der Waals surface area contributed by atoms with Gasteiger partial charge in [-0.3, -0.25) is 4.90 Å². The van der Waals surface area contributed by atoms with Crippen LogP contribution in [-0.4, -0.2) is 61.2 Å². The molecule has 1 saturated heterocycles. The zero-order chi connectivity index (χ0) is 16.8. The molecule has 1 aromatic heterocycles. The summed E-state index contributed by atoms with van der Waals surface area (Å²) in [6.45, 7) is 9.00. The minimum Gasteiger partial charge on any atom is -0.490 e. The lowest BCUT2D eigenvalue weighted by atomic mass is 10.3. The topological polar surface area (TPSA) is 40.6 Å². The van der Waals surface area contributed by atoms with Crippen LogP contribution in [0.4, 0.5) is 5.69 Å². The second-order valence-corrected chi connectivity index (χ2v) is 7.17. The number of ether oxygens (including phenoxy) is 1. The highest BCUT2D eigenvalue weighted by Gasteiger charge is 2.13. The molecule has 130 valence electrons. The van der Waals surface area contributed by atoms with Crippen molar-refractivity contribution in [2.45, 2.75) is 13.5 Å². The highest BCUT2D eigenvalue weighted by molar-refractivity contribution is 7.09. The Morgan fingerprint density at radius 3 is 2.75 bits per heavy atom. The van der Waals surface area contributed by atoms with E-state index in [9.17, 15) is 0 Å². The SMILES string of the molecule is Cc1csc(CNc2ccccc2OCCN2CCN(C)CC2)n1. The van der Waals surface area contributed by atoms with E-state index in [1.54, 1.807) is 11.3 Å². The summed E-state index contributed by atoms with van der Waals surface area (Å²) in [4.78, 5) is 9.33. The first kappa shape index (κ1) is 17.2. The molecule has 1 fully saturated rings. The maximum Gasteiger partial charge on any atom is 0.142 e. The van der Waals surface area contributed by atoms with Gasteiger partial charge in [0.2, 0.25) is 0 Å². The van der Waals surface area contributed by atoms with Crippen LogP contribution in [0.5, 0.6) is 5.75 Å². The van der Waals surface area contributed by atoms with Gasteiger partial charge in [0.1, 0.15) is 17.4 Å². The van der Waals surface area contributed by atoms with E-state index < -0.39 is 0 Å². The van der Waals surface area contributed by atoms with E-state index in [4.69, 9.17) is 4.74 Å². The number of thiazole rings is 1. The second-order valence-electron chi connectivity index (χ2n) is 6.23. The summed E-state index contributed by atoms with van der Waals surface area (Å²) in [5.41, 5.74) is 2.11. The number of piperazine rings is 1. The summed E-state index contributed by atoms with van der Waals surface area (Å²) in [6.07, 6.45) is 0. The number of likely N-dealkylation sites (N-methyl/N-ethyl adjacent to an activating group) is 1. The average Bonchev–Trinajstić information content (AvgIpc) is 3.01. The van der Waals surface area contributed by atoms with Crippen molar-refractivity contribution < 1.29 is 4.74 Å². The Hall–Kier alpha value is -1.63. The third-order valence-electron chi connectivity index (χ3n) is 4.24. The number of benzene rings is 1. The standard InChI is InChI=1S/C18H26N4OS/c1-15-14-24-18(20-15)13-19-16-5-3-4-6-17(16)23-12-11-22-9-7-21(2)8-10-22/h3-6,14,19H,7-13H2,1-2H3. The number of rotatable bonds is 7. The van der Waals surface area contributed by atoms with Gasteiger partial charge in [-0.25, -0.2) is 4.98 Å². The van der Waals surface area contributed by atoms with Crippen LogP contribution in [0, 0.1) is 6.92 Å². The molecule has 24 heavy (non-hydrogen) atoms. The first-order valence-electron chi connectivity index (χ1n) is 8.48. The average molecular weight is 347 g/mol. The van der Waals surface area contributed by atoms with Gasteiger partial charge in [-0.2, -0.15) is 0 Å². The van der Waals surface area contributed by atoms with Crippen molar-refractivity contribution in [2.24, 2.45) is 0 Å². The fraction of sp³-hybridized carbons (Fsp3) is 0.500. The quantitative estimate of drug-likeness (QED) is 0.835. The summed E-state index contributed by atoms with van der Waals surface area (Å²) in [5.74, 6) is 0.917. The van der Waals surface area contributed by atoms with Gasteiger partial charge in [0, 0.05) is 43.8 Å². The predicted molar refractivity (Wildman–Crippen MR) is 100 cm³/mol. The predicted octanol–water partition coefficient (Wildman–Crippen LogP) is 2.69. The third-order valence-corrected chi connectivity index (χ3v) is 5.21. The molecule has 6 heteroatoms. The zero-order valence-electron chi connectivity index (χ0n) is 14.5. The Morgan fingerprint density at radius 1 is 1.21 bits per heavy atom. The van der Waals surface area contributed by atoms with E-state index in [0.717, 1.165) is 68.0 Å². The molecular weight excluding hydrogens is 320 g/mol. The molecule has 1 aromatic carbocycles. The number of aromatic nitrogens is 1. The van der Waals surface area contributed by atoms with Gasteiger partial charge in [-0.1, -0.05) is 12.1 Å². The van der Waals surface area contributed by atoms with Gasteiger partial charge in [-0.15, -0.1) is 11.3 Å². The van der Waals surface area contributed by atoms with Gasteiger partial charge < -0.3 is 15.0 Å². The molecule has 0 saturated carbocycles. The summed E-state index contributed by atoms with van der Waals surface area (Å²) in [6, 6.07) is 8.14. The van der Waals surface area contributed by atoms with Crippen LogP contribution in [0.1, 0.15) is 10.7 Å². The van der Waals surface area contributed by atoms with E-state index in [1.807, 2.05) is 25.1 Å². The van der Waals surface area contributed by atoms with E-state index in [-0.39, 0.29) is 0 Å². The minimum absolute atomic E-state index is 0.721. The zero-order valence-corrected chi connectivity index (χ0v) is 15.3. The lowest BCUT2D eigenvalue weighted by Gasteiger charge is -2.32. The van der Waals surface area contributed by atoms with E-state index in [1.165, 1.54) is 0 Å². The van der Waals surface area contributed by atoms with Crippen molar-refractivity contribution in [3.63, 3.8) is 0 Å². The van der Waals surface area contributed by atoms with Crippen molar-refractivity contribution in [1.82, 2.24) is 14.8 Å². The van der Waals surface area contributed by atoms with E-state index >= 15 is 0 Å².